The van der Waals surface area contributed by atoms with Crippen LogP contribution < -0.4 is 0 Å². The Kier molecular flexibility index (Phi) is 5.60. The van der Waals surface area contributed by atoms with Crippen LogP contribution in [0.25, 0.3) is 0 Å². The maximum atomic E-state index is 10.5. The molecule has 2 aliphatic heterocycles. The van der Waals surface area contributed by atoms with Gasteiger partial charge in [0.2, 0.25) is 5.79 Å². The molecule has 2 fully saturated rings. The van der Waals surface area contributed by atoms with Crippen LogP contribution in [0.3, 0.4) is 0 Å². The Labute approximate surface area is 130 Å². The Bertz CT molecular complexity index is 404. The van der Waals surface area contributed by atoms with Crippen LogP contribution in [-0.2, 0) is 9.47 Å². The summed E-state index contributed by atoms with van der Waals surface area (Å²) in [5.41, 5.74) is 0. The van der Waals surface area contributed by atoms with Crippen molar-refractivity contribution in [2.45, 2.75) is 60.7 Å². The van der Waals surface area contributed by atoms with E-state index in [1.807, 2.05) is 0 Å². The first-order valence-electron chi connectivity index (χ1n) is 7.04. The molecule has 2 heterocycles. The summed E-state index contributed by atoms with van der Waals surface area (Å²) >= 11 is 0. The normalized spacial score (nSPS) is 54.9. The van der Waals surface area contributed by atoms with Crippen LogP contribution in [0.4, 0.5) is 0 Å². The SMILES string of the molecule is OC[C@@H]1O[C@](O)(C2O[C@H](CO)[C@@H](O)[C@H](O)[C@H]2O)[C@H](O)[C@H](O)[C@H]1O. The molecule has 0 amide bonds. The van der Waals surface area contributed by atoms with E-state index in [2.05, 4.69) is 0 Å². The van der Waals surface area contributed by atoms with Gasteiger partial charge >= 0.3 is 0 Å². The third kappa shape index (κ3) is 2.99. The van der Waals surface area contributed by atoms with Gasteiger partial charge < -0.3 is 55.4 Å². The van der Waals surface area contributed by atoms with Crippen LogP contribution in [0.1, 0.15) is 0 Å². The van der Waals surface area contributed by atoms with Gasteiger partial charge in [-0.3, -0.25) is 0 Å². The summed E-state index contributed by atoms with van der Waals surface area (Å²) in [4.78, 5) is 0. The monoisotopic (exact) mass is 342 g/mol. The van der Waals surface area contributed by atoms with Crippen molar-refractivity contribution in [2.75, 3.05) is 13.2 Å². The standard InChI is InChI=1S/C12H22O11/c13-1-3-5(15)7(17)9(19)11(22-3)12(21)10(20)8(18)6(16)4(2-14)23-12/h3-11,13-21H,1-2H2/t3-,4+,5-,6+,7+,8-,9-,10-,11?,12+/m1/s1. The second kappa shape index (κ2) is 6.82. The third-order valence-electron chi connectivity index (χ3n) is 4.30. The number of aliphatic hydroxyl groups is 9. The van der Waals surface area contributed by atoms with Crippen molar-refractivity contribution in [3.05, 3.63) is 0 Å². The lowest BCUT2D eigenvalue weighted by Gasteiger charge is -2.52. The van der Waals surface area contributed by atoms with E-state index in [-0.39, 0.29) is 0 Å². The predicted molar refractivity (Wildman–Crippen MR) is 68.7 cm³/mol. The minimum atomic E-state index is -2.82. The molecule has 0 saturated carbocycles. The van der Waals surface area contributed by atoms with Crippen LogP contribution in [0.5, 0.6) is 0 Å². The molecule has 11 nitrogen and oxygen atoms in total. The first kappa shape index (κ1) is 18.9. The maximum Gasteiger partial charge on any atom is 0.225 e. The van der Waals surface area contributed by atoms with Gasteiger partial charge in [-0.25, -0.2) is 0 Å². The summed E-state index contributed by atoms with van der Waals surface area (Å²) in [5, 5.41) is 87.7. The number of ether oxygens (including phenoxy) is 2. The van der Waals surface area contributed by atoms with Crippen molar-refractivity contribution < 1.29 is 55.4 Å². The average molecular weight is 342 g/mol. The maximum absolute atomic E-state index is 10.5. The van der Waals surface area contributed by atoms with E-state index in [4.69, 9.17) is 19.7 Å². The second-order valence-electron chi connectivity index (χ2n) is 5.77. The summed E-state index contributed by atoms with van der Waals surface area (Å²) in [6.45, 7) is -1.60. The Hall–Kier alpha value is -0.440. The summed E-state index contributed by atoms with van der Waals surface area (Å²) in [5.74, 6) is -2.82. The minimum absolute atomic E-state index is 0.776. The lowest BCUT2D eigenvalue weighted by Crippen LogP contribution is -2.75. The molecule has 2 rings (SSSR count). The van der Waals surface area contributed by atoms with E-state index < -0.39 is 73.9 Å². The van der Waals surface area contributed by atoms with Crippen LogP contribution in [0.2, 0.25) is 0 Å². The van der Waals surface area contributed by atoms with Gasteiger partial charge in [0.1, 0.15) is 54.9 Å². The second-order valence-corrected chi connectivity index (χ2v) is 5.77. The fraction of sp³-hybridized carbons (Fsp3) is 1.00. The van der Waals surface area contributed by atoms with E-state index in [1.165, 1.54) is 0 Å². The molecule has 0 bridgehead atoms. The third-order valence-corrected chi connectivity index (χ3v) is 4.30. The molecule has 11 heteroatoms. The molecule has 10 atom stereocenters. The van der Waals surface area contributed by atoms with E-state index in [9.17, 15) is 35.7 Å². The average Bonchev–Trinajstić information content (AvgIpc) is 2.54. The van der Waals surface area contributed by atoms with Crippen LogP contribution >= 0.6 is 0 Å². The Morgan fingerprint density at radius 1 is 0.696 bits per heavy atom. The largest absolute Gasteiger partial charge is 0.394 e. The smallest absolute Gasteiger partial charge is 0.225 e. The lowest BCUT2D eigenvalue weighted by atomic mass is 9.83. The number of hydrogen-bond donors (Lipinski definition) is 9. The Balaban J connectivity index is 2.33. The molecule has 0 aliphatic carbocycles. The molecular weight excluding hydrogens is 320 g/mol. The van der Waals surface area contributed by atoms with Crippen LogP contribution in [-0.4, -0.2) is 120 Å². The molecule has 0 aromatic rings. The topological polar surface area (TPSA) is 201 Å². The zero-order valence-corrected chi connectivity index (χ0v) is 12.0. The van der Waals surface area contributed by atoms with Crippen LogP contribution in [0, 0.1) is 0 Å². The van der Waals surface area contributed by atoms with Crippen molar-refractivity contribution in [3.8, 4) is 0 Å². The van der Waals surface area contributed by atoms with Crippen LogP contribution in [0.15, 0.2) is 0 Å². The quantitative estimate of drug-likeness (QED) is 0.236. The zero-order valence-electron chi connectivity index (χ0n) is 12.0. The van der Waals surface area contributed by atoms with Gasteiger partial charge in [0, 0.05) is 0 Å². The summed E-state index contributed by atoms with van der Waals surface area (Å²) < 4.78 is 10.1. The highest BCUT2D eigenvalue weighted by Crippen LogP contribution is 2.37. The number of aliphatic hydroxyl groups excluding tert-OH is 8. The van der Waals surface area contributed by atoms with Gasteiger partial charge in [0.05, 0.1) is 13.2 Å². The summed E-state index contributed by atoms with van der Waals surface area (Å²) in [7, 11) is 0. The van der Waals surface area contributed by atoms with E-state index in [1.54, 1.807) is 0 Å². The zero-order chi connectivity index (χ0) is 17.5. The lowest BCUT2D eigenvalue weighted by molar-refractivity contribution is -0.406. The fourth-order valence-corrected chi connectivity index (χ4v) is 2.86. The highest BCUT2D eigenvalue weighted by Gasteiger charge is 2.62. The predicted octanol–water partition coefficient (Wildman–Crippen LogP) is -6.01. The van der Waals surface area contributed by atoms with Crippen molar-refractivity contribution in [3.63, 3.8) is 0 Å². The van der Waals surface area contributed by atoms with Crippen molar-refractivity contribution in [1.82, 2.24) is 0 Å². The number of rotatable bonds is 3. The van der Waals surface area contributed by atoms with Crippen molar-refractivity contribution in [1.29, 1.82) is 0 Å². The van der Waals surface area contributed by atoms with E-state index in [0.717, 1.165) is 0 Å². The van der Waals surface area contributed by atoms with Gasteiger partial charge in [-0.1, -0.05) is 0 Å². The Morgan fingerprint density at radius 3 is 1.74 bits per heavy atom. The first-order chi connectivity index (χ1) is 10.7. The molecule has 2 saturated heterocycles. The first-order valence-corrected chi connectivity index (χ1v) is 7.04. The van der Waals surface area contributed by atoms with E-state index in [0.29, 0.717) is 0 Å². The molecular formula is C12H22O11. The highest BCUT2D eigenvalue weighted by molar-refractivity contribution is 5.05. The molecule has 0 aromatic heterocycles. The van der Waals surface area contributed by atoms with Crippen molar-refractivity contribution in [2.24, 2.45) is 0 Å². The van der Waals surface area contributed by atoms with Gasteiger partial charge in [-0.15, -0.1) is 0 Å². The Morgan fingerprint density at radius 2 is 1.22 bits per heavy atom. The summed E-state index contributed by atoms with van der Waals surface area (Å²) in [6, 6.07) is 0. The number of hydrogen-bond acceptors (Lipinski definition) is 11. The molecule has 136 valence electrons. The fourth-order valence-electron chi connectivity index (χ4n) is 2.86. The van der Waals surface area contributed by atoms with E-state index >= 15 is 0 Å². The van der Waals surface area contributed by atoms with Gasteiger partial charge in [0.15, 0.2) is 0 Å². The van der Waals surface area contributed by atoms with Crippen molar-refractivity contribution >= 4 is 0 Å². The minimum Gasteiger partial charge on any atom is -0.394 e. The summed E-state index contributed by atoms with van der Waals surface area (Å²) in [6.07, 6.45) is -16.1. The molecule has 2 aliphatic rings. The van der Waals surface area contributed by atoms with Gasteiger partial charge in [-0.05, 0) is 0 Å². The van der Waals surface area contributed by atoms with Gasteiger partial charge in [-0.2, -0.15) is 0 Å². The highest BCUT2D eigenvalue weighted by atomic mass is 16.7. The molecule has 0 aromatic carbocycles. The van der Waals surface area contributed by atoms with Gasteiger partial charge in [0.25, 0.3) is 0 Å². The molecule has 1 unspecified atom stereocenters. The molecule has 9 N–H and O–H groups in total. The molecule has 0 radical (unpaired) electrons. The molecule has 23 heavy (non-hydrogen) atoms. The molecule has 0 spiro atoms.